The number of aromatic hydroxyl groups is 1. The number of aryl methyl sites for hydroxylation is 2. The third-order valence-electron chi connectivity index (χ3n) is 3.24. The number of rotatable bonds is 3. The van der Waals surface area contributed by atoms with Crippen LogP contribution in [0.3, 0.4) is 0 Å². The Bertz CT molecular complexity index is 638. The standard InChI is InChI=1S/C15H14N2O2S/c18-12-6-4-10(5-7-12)9-16-17-15(19)14-8-11-2-1-3-13(11)20-14/h4-9,18H,1-3H2,(H,17,19)/b16-9+. The number of carbonyl (C=O) groups excluding carboxylic acids is 1. The summed E-state index contributed by atoms with van der Waals surface area (Å²) < 4.78 is 0. The number of nitrogens with zero attached hydrogens (tertiary/aromatic N) is 1. The highest BCUT2D eigenvalue weighted by molar-refractivity contribution is 7.14. The molecule has 3 rings (SSSR count). The average molecular weight is 286 g/mol. The van der Waals surface area contributed by atoms with E-state index in [0.29, 0.717) is 0 Å². The zero-order valence-corrected chi connectivity index (χ0v) is 11.6. The van der Waals surface area contributed by atoms with Crippen molar-refractivity contribution in [3.8, 4) is 5.75 Å². The summed E-state index contributed by atoms with van der Waals surface area (Å²) in [5.74, 6) is 0.0405. The molecule has 0 fully saturated rings. The minimum Gasteiger partial charge on any atom is -0.508 e. The van der Waals surface area contributed by atoms with Gasteiger partial charge in [0.1, 0.15) is 5.75 Å². The summed E-state index contributed by atoms with van der Waals surface area (Å²) in [6.07, 6.45) is 4.92. The maximum atomic E-state index is 11.9. The molecule has 0 saturated carbocycles. The van der Waals surface area contributed by atoms with Gasteiger partial charge in [-0.25, -0.2) is 5.43 Å². The molecule has 102 valence electrons. The second kappa shape index (κ2) is 5.46. The van der Waals surface area contributed by atoms with E-state index in [9.17, 15) is 4.79 Å². The zero-order chi connectivity index (χ0) is 13.9. The first kappa shape index (κ1) is 12.9. The maximum Gasteiger partial charge on any atom is 0.281 e. The molecule has 0 bridgehead atoms. The van der Waals surface area contributed by atoms with Crippen molar-refractivity contribution in [3.05, 3.63) is 51.2 Å². The molecule has 1 heterocycles. The van der Waals surface area contributed by atoms with Crippen molar-refractivity contribution in [3.63, 3.8) is 0 Å². The van der Waals surface area contributed by atoms with Gasteiger partial charge in [0.2, 0.25) is 0 Å². The largest absolute Gasteiger partial charge is 0.508 e. The topological polar surface area (TPSA) is 61.7 Å². The van der Waals surface area contributed by atoms with Gasteiger partial charge in [0.25, 0.3) is 5.91 Å². The van der Waals surface area contributed by atoms with Gasteiger partial charge in [-0.05, 0) is 60.7 Å². The number of fused-ring (bicyclic) bond motifs is 1. The quantitative estimate of drug-likeness (QED) is 0.673. The molecule has 4 nitrogen and oxygen atoms in total. The number of phenols is 1. The first-order chi connectivity index (χ1) is 9.72. The van der Waals surface area contributed by atoms with Crippen LogP contribution in [0, 0.1) is 0 Å². The van der Waals surface area contributed by atoms with Gasteiger partial charge in [0.15, 0.2) is 0 Å². The Kier molecular flexibility index (Phi) is 3.52. The van der Waals surface area contributed by atoms with Gasteiger partial charge < -0.3 is 5.11 Å². The van der Waals surface area contributed by atoms with E-state index in [1.165, 1.54) is 16.9 Å². The fourth-order valence-electron chi connectivity index (χ4n) is 2.22. The molecule has 2 aromatic rings. The lowest BCUT2D eigenvalue weighted by Crippen LogP contribution is -2.16. The van der Waals surface area contributed by atoms with E-state index < -0.39 is 0 Å². The van der Waals surface area contributed by atoms with Gasteiger partial charge in [0, 0.05) is 4.88 Å². The lowest BCUT2D eigenvalue weighted by atomic mass is 10.2. The number of hydrogen-bond acceptors (Lipinski definition) is 4. The van der Waals surface area contributed by atoms with E-state index in [-0.39, 0.29) is 11.7 Å². The minimum absolute atomic E-state index is 0.167. The van der Waals surface area contributed by atoms with Crippen LogP contribution in [0.1, 0.15) is 32.1 Å². The molecule has 0 spiro atoms. The van der Waals surface area contributed by atoms with Crippen LogP contribution < -0.4 is 5.43 Å². The molecule has 1 aliphatic carbocycles. The number of hydrogen-bond donors (Lipinski definition) is 2. The van der Waals surface area contributed by atoms with Gasteiger partial charge in [-0.1, -0.05) is 0 Å². The molecule has 0 atom stereocenters. The smallest absolute Gasteiger partial charge is 0.281 e. The van der Waals surface area contributed by atoms with E-state index >= 15 is 0 Å². The zero-order valence-electron chi connectivity index (χ0n) is 10.8. The number of nitrogens with one attached hydrogen (secondary N) is 1. The molecule has 2 N–H and O–H groups in total. The lowest BCUT2D eigenvalue weighted by molar-refractivity contribution is 0.0959. The predicted octanol–water partition coefficient (Wildman–Crippen LogP) is 2.71. The maximum absolute atomic E-state index is 11.9. The average Bonchev–Trinajstić information content (AvgIpc) is 3.02. The molecule has 20 heavy (non-hydrogen) atoms. The van der Waals surface area contributed by atoms with Gasteiger partial charge >= 0.3 is 0 Å². The van der Waals surface area contributed by atoms with Crippen LogP contribution in [0.15, 0.2) is 35.4 Å². The van der Waals surface area contributed by atoms with Crippen molar-refractivity contribution in [2.75, 3.05) is 0 Å². The Morgan fingerprint density at radius 1 is 1.30 bits per heavy atom. The summed E-state index contributed by atoms with van der Waals surface area (Å²) in [6, 6.07) is 8.58. The number of hydrazone groups is 1. The van der Waals surface area contributed by atoms with Crippen LogP contribution in [0.5, 0.6) is 5.75 Å². The Balaban J connectivity index is 1.62. The van der Waals surface area contributed by atoms with E-state index in [2.05, 4.69) is 10.5 Å². The number of amides is 1. The van der Waals surface area contributed by atoms with Gasteiger partial charge in [0.05, 0.1) is 11.1 Å². The second-order valence-electron chi connectivity index (χ2n) is 4.70. The van der Waals surface area contributed by atoms with Crippen molar-refractivity contribution in [2.24, 2.45) is 5.10 Å². The molecular formula is C15H14N2O2S. The molecule has 1 amide bonds. The van der Waals surface area contributed by atoms with Crippen molar-refractivity contribution >= 4 is 23.5 Å². The van der Waals surface area contributed by atoms with Gasteiger partial charge in [-0.3, -0.25) is 4.79 Å². The van der Waals surface area contributed by atoms with Crippen LogP contribution in [0.25, 0.3) is 0 Å². The summed E-state index contributed by atoms with van der Waals surface area (Å²) in [5.41, 5.74) is 4.65. The molecular weight excluding hydrogens is 272 g/mol. The molecule has 1 aromatic carbocycles. The number of thiophene rings is 1. The van der Waals surface area contributed by atoms with E-state index in [0.717, 1.165) is 23.3 Å². The summed E-state index contributed by atoms with van der Waals surface area (Å²) in [4.78, 5) is 14.0. The number of carbonyl (C=O) groups is 1. The molecule has 5 heteroatoms. The van der Waals surface area contributed by atoms with Crippen molar-refractivity contribution in [1.29, 1.82) is 0 Å². The highest BCUT2D eigenvalue weighted by atomic mass is 32.1. The predicted molar refractivity (Wildman–Crippen MR) is 79.5 cm³/mol. The summed E-state index contributed by atoms with van der Waals surface area (Å²) in [7, 11) is 0. The monoisotopic (exact) mass is 286 g/mol. The minimum atomic E-state index is -0.167. The highest BCUT2D eigenvalue weighted by Gasteiger charge is 2.17. The summed E-state index contributed by atoms with van der Waals surface area (Å²) in [5, 5.41) is 13.1. The molecule has 0 radical (unpaired) electrons. The van der Waals surface area contributed by atoms with Crippen LogP contribution in [0.2, 0.25) is 0 Å². The Morgan fingerprint density at radius 3 is 2.85 bits per heavy atom. The SMILES string of the molecule is O=C(N/N=C/c1ccc(O)cc1)c1cc2c(s1)CCC2. The van der Waals surface area contributed by atoms with Crippen LogP contribution in [0.4, 0.5) is 0 Å². The molecule has 1 aromatic heterocycles. The number of phenolic OH excluding ortho intramolecular Hbond substituents is 1. The number of benzene rings is 1. The Labute approximate surface area is 120 Å². The van der Waals surface area contributed by atoms with Crippen molar-refractivity contribution in [2.45, 2.75) is 19.3 Å². The van der Waals surface area contributed by atoms with Gasteiger partial charge in [-0.2, -0.15) is 5.10 Å². The lowest BCUT2D eigenvalue weighted by Gasteiger charge is -1.97. The van der Waals surface area contributed by atoms with E-state index in [4.69, 9.17) is 5.11 Å². The normalized spacial score (nSPS) is 13.6. The Hall–Kier alpha value is -2.14. The third kappa shape index (κ3) is 2.72. The van der Waals surface area contributed by atoms with Crippen LogP contribution in [-0.4, -0.2) is 17.2 Å². The van der Waals surface area contributed by atoms with Crippen LogP contribution in [-0.2, 0) is 12.8 Å². The summed E-state index contributed by atoms with van der Waals surface area (Å²) >= 11 is 1.56. The fraction of sp³-hybridized carbons (Fsp3) is 0.200. The molecule has 0 aliphatic heterocycles. The fourth-order valence-corrected chi connectivity index (χ4v) is 3.37. The molecule has 0 saturated heterocycles. The van der Waals surface area contributed by atoms with Crippen LogP contribution >= 0.6 is 11.3 Å². The first-order valence-corrected chi connectivity index (χ1v) is 7.28. The highest BCUT2D eigenvalue weighted by Crippen LogP contribution is 2.30. The Morgan fingerprint density at radius 2 is 2.10 bits per heavy atom. The second-order valence-corrected chi connectivity index (χ2v) is 5.84. The molecule has 0 unspecified atom stereocenters. The molecule has 1 aliphatic rings. The van der Waals surface area contributed by atoms with Crippen molar-refractivity contribution in [1.82, 2.24) is 5.43 Å². The van der Waals surface area contributed by atoms with Gasteiger partial charge in [-0.15, -0.1) is 11.3 Å². The van der Waals surface area contributed by atoms with E-state index in [1.807, 2.05) is 6.07 Å². The van der Waals surface area contributed by atoms with E-state index in [1.54, 1.807) is 41.8 Å². The third-order valence-corrected chi connectivity index (χ3v) is 4.48. The first-order valence-electron chi connectivity index (χ1n) is 6.46. The summed E-state index contributed by atoms with van der Waals surface area (Å²) in [6.45, 7) is 0. The van der Waals surface area contributed by atoms with Crippen molar-refractivity contribution < 1.29 is 9.90 Å².